The van der Waals surface area contributed by atoms with E-state index >= 15 is 0 Å². The number of hydrogen-bond acceptors (Lipinski definition) is 3. The summed E-state index contributed by atoms with van der Waals surface area (Å²) in [6, 6.07) is 11.5. The molecule has 7 heteroatoms. The summed E-state index contributed by atoms with van der Waals surface area (Å²) < 4.78 is 26.7. The Morgan fingerprint density at radius 2 is 1.80 bits per heavy atom. The lowest BCUT2D eigenvalue weighted by atomic mass is 10.2. The van der Waals surface area contributed by atoms with Crippen LogP contribution in [-0.4, -0.2) is 27.4 Å². The molecular formula is C18H19ClN2O3S. The van der Waals surface area contributed by atoms with Gasteiger partial charge in [0, 0.05) is 13.1 Å². The molecule has 1 fully saturated rings. The molecule has 0 aliphatic heterocycles. The molecule has 1 N–H and O–H groups in total. The Bertz CT molecular complexity index is 906. The van der Waals surface area contributed by atoms with Crippen molar-refractivity contribution in [3.05, 3.63) is 58.6 Å². The van der Waals surface area contributed by atoms with Gasteiger partial charge in [0.25, 0.3) is 15.9 Å². The van der Waals surface area contributed by atoms with E-state index in [1.807, 2.05) is 6.92 Å². The van der Waals surface area contributed by atoms with Crippen molar-refractivity contribution >= 4 is 33.2 Å². The highest BCUT2D eigenvalue weighted by Crippen LogP contribution is 2.28. The van der Waals surface area contributed by atoms with E-state index in [1.165, 1.54) is 13.1 Å². The van der Waals surface area contributed by atoms with Gasteiger partial charge in [-0.3, -0.25) is 9.10 Å². The van der Waals surface area contributed by atoms with E-state index < -0.39 is 10.0 Å². The largest absolute Gasteiger partial charge is 0.349 e. The van der Waals surface area contributed by atoms with Gasteiger partial charge in [0.2, 0.25) is 0 Å². The second-order valence-electron chi connectivity index (χ2n) is 6.20. The number of nitrogens with one attached hydrogen (secondary N) is 1. The summed E-state index contributed by atoms with van der Waals surface area (Å²) in [5, 5.41) is 3.16. The highest BCUT2D eigenvalue weighted by molar-refractivity contribution is 7.92. The van der Waals surface area contributed by atoms with Crippen LogP contribution >= 0.6 is 11.6 Å². The number of halogens is 1. The summed E-state index contributed by atoms with van der Waals surface area (Å²) in [7, 11) is -2.26. The number of anilines is 1. The molecule has 5 nitrogen and oxygen atoms in total. The van der Waals surface area contributed by atoms with Crippen molar-refractivity contribution in [1.82, 2.24) is 5.32 Å². The third kappa shape index (κ3) is 3.80. The lowest BCUT2D eigenvalue weighted by Gasteiger charge is -2.20. The number of rotatable bonds is 5. The Labute approximate surface area is 152 Å². The van der Waals surface area contributed by atoms with Crippen molar-refractivity contribution in [2.75, 3.05) is 11.4 Å². The van der Waals surface area contributed by atoms with Gasteiger partial charge in [-0.05, 0) is 50.1 Å². The zero-order valence-corrected chi connectivity index (χ0v) is 15.6. The Hall–Kier alpha value is -2.05. The summed E-state index contributed by atoms with van der Waals surface area (Å²) in [4.78, 5) is 12.5. The molecular weight excluding hydrogens is 360 g/mol. The minimum absolute atomic E-state index is 0.194. The fourth-order valence-corrected chi connectivity index (χ4v) is 3.77. The van der Waals surface area contributed by atoms with E-state index in [4.69, 9.17) is 11.6 Å². The van der Waals surface area contributed by atoms with Gasteiger partial charge >= 0.3 is 0 Å². The van der Waals surface area contributed by atoms with Crippen LogP contribution < -0.4 is 9.62 Å². The maximum absolute atomic E-state index is 12.8. The van der Waals surface area contributed by atoms with E-state index in [2.05, 4.69) is 5.32 Å². The molecule has 1 aliphatic carbocycles. The van der Waals surface area contributed by atoms with Crippen molar-refractivity contribution in [2.45, 2.75) is 30.7 Å². The van der Waals surface area contributed by atoms with Crippen LogP contribution in [0.1, 0.15) is 28.8 Å². The fraction of sp³-hybridized carbons (Fsp3) is 0.278. The number of amides is 1. The SMILES string of the molecule is Cc1ccc(S(=O)(=O)N(C)c2ccc(Cl)c(C(=O)NC3CC3)c2)cc1. The molecule has 1 aliphatic rings. The lowest BCUT2D eigenvalue weighted by Crippen LogP contribution is -2.28. The van der Waals surface area contributed by atoms with E-state index in [0.29, 0.717) is 10.7 Å². The number of nitrogens with zero attached hydrogens (tertiary/aromatic N) is 1. The van der Waals surface area contributed by atoms with Gasteiger partial charge in [-0.25, -0.2) is 8.42 Å². The molecule has 2 aromatic rings. The normalized spacial score (nSPS) is 14.2. The average Bonchev–Trinajstić information content (AvgIpc) is 3.39. The highest BCUT2D eigenvalue weighted by Gasteiger charge is 2.26. The number of benzene rings is 2. The molecule has 0 spiro atoms. The van der Waals surface area contributed by atoms with Gasteiger partial charge in [0.05, 0.1) is 21.2 Å². The molecule has 0 unspecified atom stereocenters. The van der Waals surface area contributed by atoms with Gasteiger partial charge in [0.15, 0.2) is 0 Å². The maximum Gasteiger partial charge on any atom is 0.264 e. The monoisotopic (exact) mass is 378 g/mol. The predicted molar refractivity (Wildman–Crippen MR) is 98.7 cm³/mol. The van der Waals surface area contributed by atoms with Gasteiger partial charge in [-0.1, -0.05) is 29.3 Å². The Kier molecular flexibility index (Phi) is 4.75. The molecule has 0 heterocycles. The first kappa shape index (κ1) is 17.8. The molecule has 0 saturated heterocycles. The molecule has 1 amide bonds. The Balaban J connectivity index is 1.92. The second-order valence-corrected chi connectivity index (χ2v) is 8.57. The summed E-state index contributed by atoms with van der Waals surface area (Å²) >= 11 is 6.12. The third-order valence-corrected chi connectivity index (χ3v) is 6.28. The zero-order valence-electron chi connectivity index (χ0n) is 14.0. The van der Waals surface area contributed by atoms with Crippen LogP contribution in [0.4, 0.5) is 5.69 Å². The van der Waals surface area contributed by atoms with Crippen LogP contribution in [0.3, 0.4) is 0 Å². The maximum atomic E-state index is 12.8. The Morgan fingerprint density at radius 3 is 2.40 bits per heavy atom. The topological polar surface area (TPSA) is 66.5 Å². The highest BCUT2D eigenvalue weighted by atomic mass is 35.5. The molecule has 132 valence electrons. The number of carbonyl (C=O) groups is 1. The molecule has 1 saturated carbocycles. The summed E-state index contributed by atoms with van der Waals surface area (Å²) in [6.45, 7) is 1.89. The smallest absolute Gasteiger partial charge is 0.264 e. The molecule has 0 aromatic heterocycles. The quantitative estimate of drug-likeness (QED) is 0.867. The third-order valence-electron chi connectivity index (χ3n) is 4.15. The van der Waals surface area contributed by atoms with E-state index in [0.717, 1.165) is 22.7 Å². The molecule has 25 heavy (non-hydrogen) atoms. The first-order valence-electron chi connectivity index (χ1n) is 7.95. The van der Waals surface area contributed by atoms with Gasteiger partial charge < -0.3 is 5.32 Å². The van der Waals surface area contributed by atoms with E-state index in [1.54, 1.807) is 36.4 Å². The lowest BCUT2D eigenvalue weighted by molar-refractivity contribution is 0.0951. The van der Waals surface area contributed by atoms with Crippen LogP contribution in [0.15, 0.2) is 47.4 Å². The van der Waals surface area contributed by atoms with Gasteiger partial charge in [0.1, 0.15) is 0 Å². The molecule has 0 radical (unpaired) electrons. The minimum atomic E-state index is -3.72. The average molecular weight is 379 g/mol. The van der Waals surface area contributed by atoms with Crippen molar-refractivity contribution in [3.8, 4) is 0 Å². The van der Waals surface area contributed by atoms with Crippen LogP contribution in [0, 0.1) is 6.92 Å². The van der Waals surface area contributed by atoms with Crippen molar-refractivity contribution in [2.24, 2.45) is 0 Å². The summed E-state index contributed by atoms with van der Waals surface area (Å²) in [6.07, 6.45) is 1.93. The Morgan fingerprint density at radius 1 is 1.16 bits per heavy atom. The standard InChI is InChI=1S/C18H19ClN2O3S/c1-12-3-8-15(9-4-12)25(23,24)21(2)14-7-10-17(19)16(11-14)18(22)20-13-5-6-13/h3-4,7-11,13H,5-6H2,1-2H3,(H,20,22). The van der Waals surface area contributed by atoms with Gasteiger partial charge in [-0.2, -0.15) is 0 Å². The predicted octanol–water partition coefficient (Wildman–Crippen LogP) is 3.37. The molecule has 0 atom stereocenters. The van der Waals surface area contributed by atoms with Crippen LogP contribution in [0.25, 0.3) is 0 Å². The molecule has 0 bridgehead atoms. The first-order chi connectivity index (χ1) is 11.8. The van der Waals surface area contributed by atoms with E-state index in [9.17, 15) is 13.2 Å². The van der Waals surface area contributed by atoms with Crippen molar-refractivity contribution < 1.29 is 13.2 Å². The molecule has 3 rings (SSSR count). The number of carbonyl (C=O) groups excluding carboxylic acids is 1. The van der Waals surface area contributed by atoms with Crippen molar-refractivity contribution in [3.63, 3.8) is 0 Å². The number of hydrogen-bond donors (Lipinski definition) is 1. The van der Waals surface area contributed by atoms with Crippen LogP contribution in [0.5, 0.6) is 0 Å². The number of sulfonamides is 1. The second kappa shape index (κ2) is 6.69. The van der Waals surface area contributed by atoms with Crippen molar-refractivity contribution in [1.29, 1.82) is 0 Å². The summed E-state index contributed by atoms with van der Waals surface area (Å²) in [5.74, 6) is -0.282. The minimum Gasteiger partial charge on any atom is -0.349 e. The van der Waals surface area contributed by atoms with E-state index in [-0.39, 0.29) is 22.4 Å². The van der Waals surface area contributed by atoms with Gasteiger partial charge in [-0.15, -0.1) is 0 Å². The van der Waals surface area contributed by atoms with Crippen LogP contribution in [0.2, 0.25) is 5.02 Å². The van der Waals surface area contributed by atoms with Crippen LogP contribution in [-0.2, 0) is 10.0 Å². The fourth-order valence-electron chi connectivity index (χ4n) is 2.38. The zero-order chi connectivity index (χ0) is 18.2. The summed E-state index contributed by atoms with van der Waals surface area (Å²) in [5.41, 5.74) is 1.63. The first-order valence-corrected chi connectivity index (χ1v) is 9.77. The number of aryl methyl sites for hydroxylation is 1. The molecule has 2 aromatic carbocycles.